The van der Waals surface area contributed by atoms with Gasteiger partial charge in [-0.25, -0.2) is 9.48 Å². The molecule has 0 aromatic carbocycles. The maximum atomic E-state index is 11.6. The minimum atomic E-state index is -0.0422. The Morgan fingerprint density at radius 2 is 2.19 bits per heavy atom. The summed E-state index contributed by atoms with van der Waals surface area (Å²) in [6.07, 6.45) is 4.86. The molecule has 1 N–H and O–H groups in total. The predicted molar refractivity (Wildman–Crippen MR) is 64.5 cm³/mol. The van der Waals surface area contributed by atoms with Crippen LogP contribution in [0.5, 0.6) is 0 Å². The molecule has 0 aliphatic carbocycles. The van der Waals surface area contributed by atoms with Gasteiger partial charge in [0.05, 0.1) is 6.54 Å². The molecular weight excluding hydrogens is 204 g/mol. The second-order valence-corrected chi connectivity index (χ2v) is 4.15. The van der Waals surface area contributed by atoms with Crippen LogP contribution in [-0.2, 0) is 13.6 Å². The Kier molecular flexibility index (Phi) is 5.25. The average molecular weight is 226 g/mol. The predicted octanol–water partition coefficient (Wildman–Crippen LogP) is 0.750. The SMILES string of the molecule is CCCNC(CCC)Cn1ncn(C)c1=O. The normalized spacial score (nSPS) is 12.9. The topological polar surface area (TPSA) is 51.9 Å². The Morgan fingerprint density at radius 3 is 2.69 bits per heavy atom. The second-order valence-electron chi connectivity index (χ2n) is 4.15. The van der Waals surface area contributed by atoms with E-state index in [2.05, 4.69) is 24.3 Å². The first-order valence-corrected chi connectivity index (χ1v) is 6.00. The summed E-state index contributed by atoms with van der Waals surface area (Å²) >= 11 is 0. The third-order valence-corrected chi connectivity index (χ3v) is 2.60. The van der Waals surface area contributed by atoms with Crippen molar-refractivity contribution in [2.24, 2.45) is 7.05 Å². The number of nitrogens with one attached hydrogen (secondary N) is 1. The lowest BCUT2D eigenvalue weighted by Gasteiger charge is -2.16. The Hall–Kier alpha value is -1.10. The van der Waals surface area contributed by atoms with Crippen LogP contribution in [0.1, 0.15) is 33.1 Å². The first-order chi connectivity index (χ1) is 7.69. The molecule has 1 heterocycles. The highest BCUT2D eigenvalue weighted by molar-refractivity contribution is 4.71. The summed E-state index contributed by atoms with van der Waals surface area (Å²) in [6, 6.07) is 0.345. The van der Waals surface area contributed by atoms with Crippen molar-refractivity contribution in [1.29, 1.82) is 0 Å². The van der Waals surface area contributed by atoms with E-state index in [4.69, 9.17) is 0 Å². The highest BCUT2D eigenvalue weighted by Gasteiger charge is 2.10. The van der Waals surface area contributed by atoms with Gasteiger partial charge in [-0.15, -0.1) is 0 Å². The molecular formula is C11H22N4O. The summed E-state index contributed by atoms with van der Waals surface area (Å²) in [5.41, 5.74) is -0.0422. The van der Waals surface area contributed by atoms with Crippen LogP contribution in [0.25, 0.3) is 0 Å². The van der Waals surface area contributed by atoms with E-state index in [1.165, 1.54) is 9.25 Å². The minimum Gasteiger partial charge on any atom is -0.312 e. The maximum Gasteiger partial charge on any atom is 0.345 e. The number of aromatic nitrogens is 3. The van der Waals surface area contributed by atoms with Crippen molar-refractivity contribution in [3.8, 4) is 0 Å². The van der Waals surface area contributed by atoms with Gasteiger partial charge in [-0.1, -0.05) is 20.3 Å². The van der Waals surface area contributed by atoms with Crippen LogP contribution >= 0.6 is 0 Å². The van der Waals surface area contributed by atoms with Crippen LogP contribution in [0.2, 0.25) is 0 Å². The van der Waals surface area contributed by atoms with E-state index in [-0.39, 0.29) is 5.69 Å². The van der Waals surface area contributed by atoms with E-state index in [1.54, 1.807) is 13.4 Å². The highest BCUT2D eigenvalue weighted by atomic mass is 16.2. The first kappa shape index (κ1) is 13.0. The Labute approximate surface area is 96.5 Å². The molecule has 1 unspecified atom stereocenters. The van der Waals surface area contributed by atoms with E-state index in [0.29, 0.717) is 12.6 Å². The van der Waals surface area contributed by atoms with Gasteiger partial charge in [-0.3, -0.25) is 4.57 Å². The van der Waals surface area contributed by atoms with E-state index < -0.39 is 0 Å². The highest BCUT2D eigenvalue weighted by Crippen LogP contribution is 1.98. The molecule has 1 atom stereocenters. The van der Waals surface area contributed by atoms with Crippen molar-refractivity contribution in [2.75, 3.05) is 6.54 Å². The lowest BCUT2D eigenvalue weighted by atomic mass is 10.1. The zero-order valence-electron chi connectivity index (χ0n) is 10.4. The number of nitrogens with zero attached hydrogens (tertiary/aromatic N) is 3. The summed E-state index contributed by atoms with van der Waals surface area (Å²) in [5.74, 6) is 0. The van der Waals surface area contributed by atoms with Gasteiger partial charge in [0.25, 0.3) is 0 Å². The van der Waals surface area contributed by atoms with Crippen molar-refractivity contribution < 1.29 is 0 Å². The Balaban J connectivity index is 2.60. The van der Waals surface area contributed by atoms with Crippen LogP contribution in [0.15, 0.2) is 11.1 Å². The van der Waals surface area contributed by atoms with Gasteiger partial charge in [0.15, 0.2) is 0 Å². The second kappa shape index (κ2) is 6.48. The number of hydrogen-bond donors (Lipinski definition) is 1. The zero-order valence-corrected chi connectivity index (χ0v) is 10.4. The average Bonchev–Trinajstić information content (AvgIpc) is 2.58. The number of aryl methyl sites for hydroxylation is 1. The van der Waals surface area contributed by atoms with Crippen molar-refractivity contribution in [3.05, 3.63) is 16.8 Å². The largest absolute Gasteiger partial charge is 0.345 e. The molecule has 1 aromatic heterocycles. The summed E-state index contributed by atoms with van der Waals surface area (Å²) in [6.45, 7) is 5.95. The lowest BCUT2D eigenvalue weighted by molar-refractivity contribution is 0.394. The lowest BCUT2D eigenvalue weighted by Crippen LogP contribution is -2.37. The van der Waals surface area contributed by atoms with Crippen LogP contribution in [0.3, 0.4) is 0 Å². The quantitative estimate of drug-likeness (QED) is 0.746. The van der Waals surface area contributed by atoms with Crippen molar-refractivity contribution in [3.63, 3.8) is 0 Å². The number of rotatable bonds is 7. The molecule has 92 valence electrons. The Morgan fingerprint density at radius 1 is 1.44 bits per heavy atom. The summed E-state index contributed by atoms with van der Waals surface area (Å²) < 4.78 is 3.03. The van der Waals surface area contributed by atoms with Crippen LogP contribution in [0.4, 0.5) is 0 Å². The third-order valence-electron chi connectivity index (χ3n) is 2.60. The van der Waals surface area contributed by atoms with Gasteiger partial charge in [0.2, 0.25) is 0 Å². The molecule has 0 bridgehead atoms. The molecule has 0 saturated carbocycles. The molecule has 5 nitrogen and oxygen atoms in total. The van der Waals surface area contributed by atoms with Gasteiger partial charge >= 0.3 is 5.69 Å². The molecule has 0 aliphatic heterocycles. The molecule has 0 radical (unpaired) electrons. The fraction of sp³-hybridized carbons (Fsp3) is 0.818. The van der Waals surface area contributed by atoms with Crippen molar-refractivity contribution >= 4 is 0 Å². The van der Waals surface area contributed by atoms with Gasteiger partial charge in [-0.05, 0) is 19.4 Å². The summed E-state index contributed by atoms with van der Waals surface area (Å²) in [7, 11) is 1.72. The minimum absolute atomic E-state index is 0.0422. The third kappa shape index (κ3) is 3.48. The van der Waals surface area contributed by atoms with Crippen LogP contribution in [-0.4, -0.2) is 26.9 Å². The van der Waals surface area contributed by atoms with Crippen LogP contribution in [0, 0.1) is 0 Å². The zero-order chi connectivity index (χ0) is 12.0. The molecule has 0 fully saturated rings. The molecule has 0 aliphatic rings. The molecule has 1 rings (SSSR count). The van der Waals surface area contributed by atoms with Crippen molar-refractivity contribution in [2.45, 2.75) is 45.7 Å². The Bertz CT molecular complexity index is 355. The molecule has 0 saturated heterocycles. The summed E-state index contributed by atoms with van der Waals surface area (Å²) in [4.78, 5) is 11.6. The number of hydrogen-bond acceptors (Lipinski definition) is 3. The van der Waals surface area contributed by atoms with E-state index in [1.807, 2.05) is 0 Å². The van der Waals surface area contributed by atoms with Crippen molar-refractivity contribution in [1.82, 2.24) is 19.7 Å². The standard InChI is InChI=1S/C11H22N4O/c1-4-6-10(12-7-5-2)8-15-11(16)14(3)9-13-15/h9-10,12H,4-8H2,1-3H3. The molecule has 5 heteroatoms. The van der Waals surface area contributed by atoms with Gasteiger partial charge in [0, 0.05) is 13.1 Å². The molecule has 1 aromatic rings. The first-order valence-electron chi connectivity index (χ1n) is 6.00. The molecule has 16 heavy (non-hydrogen) atoms. The molecule has 0 amide bonds. The smallest absolute Gasteiger partial charge is 0.312 e. The fourth-order valence-corrected chi connectivity index (χ4v) is 1.71. The van der Waals surface area contributed by atoms with E-state index >= 15 is 0 Å². The van der Waals surface area contributed by atoms with E-state index in [0.717, 1.165) is 25.8 Å². The fourth-order valence-electron chi connectivity index (χ4n) is 1.71. The van der Waals surface area contributed by atoms with Crippen LogP contribution < -0.4 is 11.0 Å². The molecule has 0 spiro atoms. The summed E-state index contributed by atoms with van der Waals surface area (Å²) in [5, 5.41) is 7.52. The maximum absolute atomic E-state index is 11.6. The van der Waals surface area contributed by atoms with Gasteiger partial charge in [0.1, 0.15) is 6.33 Å². The van der Waals surface area contributed by atoms with E-state index in [9.17, 15) is 4.79 Å². The van der Waals surface area contributed by atoms with Gasteiger partial charge in [-0.2, -0.15) is 5.10 Å². The van der Waals surface area contributed by atoms with Gasteiger partial charge < -0.3 is 5.32 Å². The monoisotopic (exact) mass is 226 g/mol.